The van der Waals surface area contributed by atoms with Gasteiger partial charge in [-0.2, -0.15) is 0 Å². The summed E-state index contributed by atoms with van der Waals surface area (Å²) in [6.45, 7) is 1.63. The number of aliphatic hydroxyl groups is 4. The zero-order chi connectivity index (χ0) is 44.0. The molecule has 332 valence electrons. The first-order valence-electron chi connectivity index (χ1n) is 23.0. The molecule has 1 spiro atoms. The van der Waals surface area contributed by atoms with E-state index in [9.17, 15) is 35.1 Å². The van der Waals surface area contributed by atoms with E-state index in [0.717, 1.165) is 36.8 Å². The predicted molar refractivity (Wildman–Crippen MR) is 235 cm³/mol. The summed E-state index contributed by atoms with van der Waals surface area (Å²) < 4.78 is 12.3. The van der Waals surface area contributed by atoms with Crippen molar-refractivity contribution in [3.63, 3.8) is 0 Å². The molecule has 3 saturated carbocycles. The Bertz CT molecular complexity index is 2370. The van der Waals surface area contributed by atoms with E-state index in [0.29, 0.717) is 72.9 Å². The van der Waals surface area contributed by atoms with Gasteiger partial charge in [0.2, 0.25) is 0 Å². The SMILES string of the molecule is CC(O)CNc1cc(CO)cc(C2C#CC3CC(=O)Oc4cc(O)c(cc43)CC3OC(=O)C(=CC(O)C4(CCCCC4)c4cccc(c4)CC4C(=O)CCC5C4CCCC35O)C2)c1. The van der Waals surface area contributed by atoms with Gasteiger partial charge in [0, 0.05) is 59.5 Å². The second-order valence-corrected chi connectivity index (χ2v) is 19.3. The molecule has 3 aliphatic carbocycles. The number of carbonyl (C=O) groups excluding carboxylic acids is 3. The highest BCUT2D eigenvalue weighted by Crippen LogP contribution is 2.52. The topological polar surface area (TPSA) is 183 Å². The molecule has 10 bridgehead atoms. The van der Waals surface area contributed by atoms with Gasteiger partial charge in [-0.05, 0) is 116 Å². The maximum absolute atomic E-state index is 15.3. The molecule has 63 heavy (non-hydrogen) atoms. The van der Waals surface area contributed by atoms with Crippen LogP contribution in [-0.4, -0.2) is 73.7 Å². The van der Waals surface area contributed by atoms with Gasteiger partial charge in [0.05, 0.1) is 31.2 Å². The van der Waals surface area contributed by atoms with Crippen molar-refractivity contribution in [3.05, 3.63) is 99.6 Å². The van der Waals surface area contributed by atoms with Gasteiger partial charge in [0.25, 0.3) is 0 Å². The van der Waals surface area contributed by atoms with Crippen LogP contribution in [0.2, 0.25) is 0 Å². The van der Waals surface area contributed by atoms with Gasteiger partial charge in [-0.15, -0.1) is 0 Å². The number of esters is 2. The molecule has 9 rings (SSSR count). The third kappa shape index (κ3) is 8.44. The van der Waals surface area contributed by atoms with Gasteiger partial charge < -0.3 is 40.3 Å². The van der Waals surface area contributed by atoms with Gasteiger partial charge in [0.15, 0.2) is 0 Å². The number of hydrogen-bond donors (Lipinski definition) is 6. The molecule has 3 aliphatic heterocycles. The van der Waals surface area contributed by atoms with Crippen LogP contribution in [0.1, 0.15) is 129 Å². The van der Waals surface area contributed by atoms with Crippen LogP contribution in [-0.2, 0) is 44.0 Å². The Morgan fingerprint density at radius 1 is 0.905 bits per heavy atom. The van der Waals surface area contributed by atoms with E-state index in [4.69, 9.17) is 9.47 Å². The lowest BCUT2D eigenvalue weighted by Gasteiger charge is -2.52. The van der Waals surface area contributed by atoms with Crippen molar-refractivity contribution >= 4 is 23.4 Å². The summed E-state index contributed by atoms with van der Waals surface area (Å²) >= 11 is 0. The fraction of sp³-hybridized carbons (Fsp3) is 0.519. The number of ketones is 1. The molecule has 0 saturated heterocycles. The van der Waals surface area contributed by atoms with Crippen molar-refractivity contribution in [2.75, 3.05) is 11.9 Å². The Morgan fingerprint density at radius 2 is 1.71 bits per heavy atom. The maximum atomic E-state index is 15.3. The van der Waals surface area contributed by atoms with Crippen molar-refractivity contribution < 1.29 is 49.4 Å². The van der Waals surface area contributed by atoms with Crippen LogP contribution in [0.3, 0.4) is 0 Å². The van der Waals surface area contributed by atoms with Gasteiger partial charge in [-0.3, -0.25) is 9.59 Å². The third-order valence-corrected chi connectivity index (χ3v) is 15.2. The average molecular weight is 858 g/mol. The van der Waals surface area contributed by atoms with Crippen molar-refractivity contribution in [3.8, 4) is 23.3 Å². The number of aliphatic hydroxyl groups excluding tert-OH is 3. The molecule has 11 heteroatoms. The molecule has 9 unspecified atom stereocenters. The number of nitrogens with one attached hydrogen (secondary N) is 1. The van der Waals surface area contributed by atoms with E-state index in [-0.39, 0.29) is 73.0 Å². The van der Waals surface area contributed by atoms with E-state index in [1.54, 1.807) is 25.1 Å². The quantitative estimate of drug-likeness (QED) is 0.0926. The summed E-state index contributed by atoms with van der Waals surface area (Å²) in [6, 6.07) is 16.9. The molecule has 9 atom stereocenters. The smallest absolute Gasteiger partial charge is 0.334 e. The van der Waals surface area contributed by atoms with Crippen LogP contribution < -0.4 is 10.1 Å². The van der Waals surface area contributed by atoms with E-state index < -0.39 is 53.1 Å². The Labute approximate surface area is 368 Å². The molecule has 3 fully saturated rings. The van der Waals surface area contributed by atoms with Crippen LogP contribution in [0.15, 0.2) is 66.2 Å². The molecule has 3 aromatic carbocycles. The van der Waals surface area contributed by atoms with E-state index in [1.165, 1.54) is 6.07 Å². The first kappa shape index (κ1) is 43.3. The number of anilines is 1. The van der Waals surface area contributed by atoms with Crippen LogP contribution in [0.4, 0.5) is 5.69 Å². The number of fused-ring (bicyclic) bond motifs is 8. The van der Waals surface area contributed by atoms with E-state index in [1.807, 2.05) is 18.2 Å². The lowest BCUT2D eigenvalue weighted by atomic mass is 9.56. The summed E-state index contributed by atoms with van der Waals surface area (Å²) in [5.41, 5.74) is 2.69. The molecule has 0 aromatic heterocycles. The number of hydrogen-bond acceptors (Lipinski definition) is 11. The van der Waals surface area contributed by atoms with Crippen molar-refractivity contribution in [2.24, 2.45) is 17.8 Å². The Balaban J connectivity index is 1.27. The molecule has 6 N–H and O–H groups in total. The van der Waals surface area contributed by atoms with Crippen molar-refractivity contribution in [1.29, 1.82) is 0 Å². The minimum atomic E-state index is -1.57. The molecule has 3 heterocycles. The number of ether oxygens (including phenoxy) is 2. The molecule has 6 aliphatic rings. The molecule has 0 amide bonds. The zero-order valence-electron chi connectivity index (χ0n) is 36.0. The zero-order valence-corrected chi connectivity index (χ0v) is 36.0. The lowest BCUT2D eigenvalue weighted by Crippen LogP contribution is -2.59. The van der Waals surface area contributed by atoms with Crippen LogP contribution in [0, 0.1) is 29.6 Å². The number of carbonyl (C=O) groups is 3. The van der Waals surface area contributed by atoms with E-state index in [2.05, 4.69) is 35.4 Å². The lowest BCUT2D eigenvalue weighted by molar-refractivity contribution is -0.191. The van der Waals surface area contributed by atoms with Gasteiger partial charge >= 0.3 is 11.9 Å². The Hall–Kier alpha value is -4.99. The molecule has 3 aromatic rings. The highest BCUT2D eigenvalue weighted by Gasteiger charge is 2.55. The van der Waals surface area contributed by atoms with Crippen molar-refractivity contribution in [2.45, 2.75) is 145 Å². The standard InChI is InChI=1S/C52H59NO10/c1-30(55)28-53-39-19-32(29-54)17-35(22-39)33-10-11-34-26-49(59)62-46-27-45(57)36(23-41(34)46)25-48-52(61)16-6-9-40-42(44(56)13-12-43(40)52)20-31-7-5-8-38(18-31)51(14-3-2-4-15-51)47(58)24-37(21-33)50(60)63-48/h5,7-8,17-19,22-24,27,30,33-34,40,42-43,47-48,53-55,57-58,61H,2-4,6,9,12-16,20-21,25-26,28-29H2,1H3. The number of phenolic OH excluding ortho intramolecular Hbond substituents is 1. The van der Waals surface area contributed by atoms with Gasteiger partial charge in [-0.25, -0.2) is 4.79 Å². The fourth-order valence-corrected chi connectivity index (χ4v) is 12.0. The molecular weight excluding hydrogens is 799 g/mol. The molecule has 11 nitrogen and oxygen atoms in total. The van der Waals surface area contributed by atoms with Crippen LogP contribution in [0.5, 0.6) is 11.5 Å². The second kappa shape index (κ2) is 17.5. The summed E-state index contributed by atoms with van der Waals surface area (Å²) in [5, 5.41) is 61.4. The molecular formula is C52H59NO10. The highest BCUT2D eigenvalue weighted by atomic mass is 16.6. The number of rotatable bonds is 5. The summed E-state index contributed by atoms with van der Waals surface area (Å²) in [4.78, 5) is 42.4. The second-order valence-electron chi connectivity index (χ2n) is 19.3. The maximum Gasteiger partial charge on any atom is 0.334 e. The number of aromatic hydroxyl groups is 1. The summed E-state index contributed by atoms with van der Waals surface area (Å²) in [5.74, 6) is 3.46. The molecule has 0 radical (unpaired) electrons. The normalized spacial score (nSPS) is 30.7. The van der Waals surface area contributed by atoms with Gasteiger partial charge in [-0.1, -0.05) is 67.9 Å². The third-order valence-electron chi connectivity index (χ3n) is 15.2. The number of phenols is 1. The Morgan fingerprint density at radius 3 is 2.51 bits per heavy atom. The average Bonchev–Trinajstić information content (AvgIpc) is 3.28. The van der Waals surface area contributed by atoms with Crippen molar-refractivity contribution in [1.82, 2.24) is 0 Å². The highest BCUT2D eigenvalue weighted by molar-refractivity contribution is 5.89. The van der Waals surface area contributed by atoms with Crippen LogP contribution >= 0.6 is 0 Å². The first-order valence-corrected chi connectivity index (χ1v) is 23.0. The number of benzene rings is 3. The van der Waals surface area contributed by atoms with E-state index >= 15 is 4.79 Å². The summed E-state index contributed by atoms with van der Waals surface area (Å²) in [6.07, 6.45) is 5.60. The Kier molecular flexibility index (Phi) is 12.0. The van der Waals surface area contributed by atoms with Crippen LogP contribution in [0.25, 0.3) is 0 Å². The summed E-state index contributed by atoms with van der Waals surface area (Å²) in [7, 11) is 0. The minimum absolute atomic E-state index is 0.0234. The largest absolute Gasteiger partial charge is 0.508 e. The minimum Gasteiger partial charge on any atom is -0.508 e. The predicted octanol–water partition coefficient (Wildman–Crippen LogP) is 6.59. The number of Topliss-reactive ketones (excluding diaryl/α,β-unsaturated/α-hetero) is 1. The first-order chi connectivity index (χ1) is 30.3. The monoisotopic (exact) mass is 857 g/mol. The fourth-order valence-electron chi connectivity index (χ4n) is 12.0. The van der Waals surface area contributed by atoms with Gasteiger partial charge in [0.1, 0.15) is 29.0 Å².